The fourth-order valence-electron chi connectivity index (χ4n) is 1.60. The molecule has 2 N–H and O–H groups in total. The minimum Gasteiger partial charge on any atom is -0.351 e. The van der Waals surface area contributed by atoms with Gasteiger partial charge in [0, 0.05) is 36.8 Å². The van der Waals surface area contributed by atoms with Crippen molar-refractivity contribution >= 4 is 11.6 Å². The number of benzene rings is 1. The highest BCUT2D eigenvalue weighted by atomic mass is 16.6. The number of nitrogens with zero attached hydrogens (tertiary/aromatic N) is 1. The van der Waals surface area contributed by atoms with Crippen LogP contribution in [0.3, 0.4) is 0 Å². The van der Waals surface area contributed by atoms with E-state index >= 15 is 0 Å². The summed E-state index contributed by atoms with van der Waals surface area (Å²) >= 11 is 0. The number of carbonyl (C=O) groups is 1. The Morgan fingerprint density at radius 2 is 2.17 bits per heavy atom. The Morgan fingerprint density at radius 1 is 1.39 bits per heavy atom. The van der Waals surface area contributed by atoms with Crippen LogP contribution in [0.5, 0.6) is 0 Å². The van der Waals surface area contributed by atoms with Crippen LogP contribution in [0, 0.1) is 10.1 Å². The zero-order valence-electron chi connectivity index (χ0n) is 9.89. The molecule has 1 saturated carbocycles. The predicted octanol–water partition coefficient (Wildman–Crippen LogP) is 1.08. The number of nitro groups is 1. The molecule has 1 fully saturated rings. The lowest BCUT2D eigenvalue weighted by Crippen LogP contribution is -2.32. The van der Waals surface area contributed by atoms with Gasteiger partial charge in [-0.05, 0) is 18.9 Å². The predicted molar refractivity (Wildman–Crippen MR) is 66.5 cm³/mol. The molecule has 96 valence electrons. The molecule has 0 bridgehead atoms. The van der Waals surface area contributed by atoms with Crippen LogP contribution >= 0.6 is 0 Å². The summed E-state index contributed by atoms with van der Waals surface area (Å²) in [5.74, 6) is -0.281. The van der Waals surface area contributed by atoms with E-state index in [2.05, 4.69) is 10.6 Å². The van der Waals surface area contributed by atoms with E-state index in [1.807, 2.05) is 0 Å². The van der Waals surface area contributed by atoms with Crippen molar-refractivity contribution in [3.63, 3.8) is 0 Å². The Balaban J connectivity index is 1.83. The minimum absolute atomic E-state index is 0.0706. The van der Waals surface area contributed by atoms with Crippen molar-refractivity contribution in [1.29, 1.82) is 0 Å². The van der Waals surface area contributed by atoms with Crippen LogP contribution < -0.4 is 10.6 Å². The average Bonchev–Trinajstić information content (AvgIpc) is 3.18. The Labute approximate surface area is 105 Å². The zero-order valence-corrected chi connectivity index (χ0v) is 9.89. The fourth-order valence-corrected chi connectivity index (χ4v) is 1.60. The highest BCUT2D eigenvalue weighted by Crippen LogP contribution is 2.17. The van der Waals surface area contributed by atoms with Crippen LogP contribution in [0.25, 0.3) is 0 Å². The first-order valence-corrected chi connectivity index (χ1v) is 5.93. The molecule has 6 nitrogen and oxygen atoms in total. The molecule has 0 unspecified atom stereocenters. The lowest BCUT2D eigenvalue weighted by Gasteiger charge is -2.05. The molecule has 1 amide bonds. The van der Waals surface area contributed by atoms with Gasteiger partial charge in [-0.15, -0.1) is 0 Å². The molecule has 6 heteroatoms. The number of carbonyl (C=O) groups excluding carboxylic acids is 1. The summed E-state index contributed by atoms with van der Waals surface area (Å²) in [5.41, 5.74) is 0.245. The van der Waals surface area contributed by atoms with Crippen LogP contribution in [0.1, 0.15) is 23.2 Å². The van der Waals surface area contributed by atoms with Gasteiger partial charge in [0.25, 0.3) is 11.6 Å². The van der Waals surface area contributed by atoms with Crippen molar-refractivity contribution in [2.24, 2.45) is 0 Å². The maximum Gasteiger partial charge on any atom is 0.270 e. The summed E-state index contributed by atoms with van der Waals surface area (Å²) in [7, 11) is 0. The van der Waals surface area contributed by atoms with Crippen LogP contribution in [0.4, 0.5) is 5.69 Å². The lowest BCUT2D eigenvalue weighted by molar-refractivity contribution is -0.384. The van der Waals surface area contributed by atoms with Crippen LogP contribution in [-0.2, 0) is 0 Å². The van der Waals surface area contributed by atoms with Crippen molar-refractivity contribution in [2.45, 2.75) is 18.9 Å². The van der Waals surface area contributed by atoms with Gasteiger partial charge in [-0.2, -0.15) is 0 Å². The third-order valence-corrected chi connectivity index (χ3v) is 2.74. The molecule has 18 heavy (non-hydrogen) atoms. The van der Waals surface area contributed by atoms with Gasteiger partial charge in [0.05, 0.1) is 4.92 Å². The summed E-state index contributed by atoms with van der Waals surface area (Å²) in [6.45, 7) is 1.25. The number of nitro benzene ring substituents is 1. The summed E-state index contributed by atoms with van der Waals surface area (Å²) in [6.07, 6.45) is 2.41. The van der Waals surface area contributed by atoms with Gasteiger partial charge in [-0.1, -0.05) is 6.07 Å². The molecule has 0 aromatic heterocycles. The molecule has 1 aromatic rings. The highest BCUT2D eigenvalue weighted by Gasteiger charge is 2.19. The van der Waals surface area contributed by atoms with Crippen molar-refractivity contribution < 1.29 is 9.72 Å². The van der Waals surface area contributed by atoms with Crippen LogP contribution in [0.15, 0.2) is 24.3 Å². The first-order chi connectivity index (χ1) is 8.66. The van der Waals surface area contributed by atoms with Gasteiger partial charge in [-0.25, -0.2) is 0 Å². The molecular weight excluding hydrogens is 234 g/mol. The summed E-state index contributed by atoms with van der Waals surface area (Å²) in [6, 6.07) is 6.33. The summed E-state index contributed by atoms with van der Waals surface area (Å²) < 4.78 is 0. The Kier molecular flexibility index (Phi) is 3.88. The largest absolute Gasteiger partial charge is 0.351 e. The van der Waals surface area contributed by atoms with Crippen molar-refractivity contribution in [3.8, 4) is 0 Å². The maximum atomic E-state index is 11.7. The summed E-state index contributed by atoms with van der Waals surface area (Å²) in [5, 5.41) is 16.6. The second-order valence-corrected chi connectivity index (χ2v) is 4.29. The van der Waals surface area contributed by atoms with E-state index in [1.54, 1.807) is 6.07 Å². The summed E-state index contributed by atoms with van der Waals surface area (Å²) in [4.78, 5) is 21.8. The topological polar surface area (TPSA) is 84.3 Å². The number of nitrogens with one attached hydrogen (secondary N) is 2. The molecule has 1 aliphatic carbocycles. The SMILES string of the molecule is O=C(NCCNC1CC1)c1cccc([N+](=O)[O-])c1. The Hall–Kier alpha value is -1.95. The fraction of sp³-hybridized carbons (Fsp3) is 0.417. The number of non-ortho nitro benzene ring substituents is 1. The molecular formula is C12H15N3O3. The minimum atomic E-state index is -0.509. The Bertz CT molecular complexity index is 458. The smallest absolute Gasteiger partial charge is 0.270 e. The molecule has 0 atom stereocenters. The standard InChI is InChI=1S/C12H15N3O3/c16-12(14-7-6-13-10-4-5-10)9-2-1-3-11(8-9)15(17)18/h1-3,8,10,13H,4-7H2,(H,14,16). The van der Waals surface area contributed by atoms with Crippen molar-refractivity contribution in [1.82, 2.24) is 10.6 Å². The van der Waals surface area contributed by atoms with Gasteiger partial charge in [-0.3, -0.25) is 14.9 Å². The molecule has 0 heterocycles. The molecule has 1 aromatic carbocycles. The normalized spacial score (nSPS) is 14.2. The second kappa shape index (κ2) is 5.59. The number of hydrogen-bond acceptors (Lipinski definition) is 4. The van der Waals surface area contributed by atoms with Crippen LogP contribution in [0.2, 0.25) is 0 Å². The molecule has 2 rings (SSSR count). The number of amides is 1. The highest BCUT2D eigenvalue weighted by molar-refractivity contribution is 5.94. The second-order valence-electron chi connectivity index (χ2n) is 4.29. The molecule has 1 aliphatic rings. The van der Waals surface area contributed by atoms with E-state index in [1.165, 1.54) is 31.0 Å². The van der Waals surface area contributed by atoms with Crippen molar-refractivity contribution in [2.75, 3.05) is 13.1 Å². The maximum absolute atomic E-state index is 11.7. The average molecular weight is 249 g/mol. The van der Waals surface area contributed by atoms with Gasteiger partial charge in [0.15, 0.2) is 0 Å². The molecule has 0 saturated heterocycles. The monoisotopic (exact) mass is 249 g/mol. The van der Waals surface area contributed by atoms with E-state index in [0.717, 1.165) is 6.54 Å². The van der Waals surface area contributed by atoms with Gasteiger partial charge < -0.3 is 10.6 Å². The zero-order chi connectivity index (χ0) is 13.0. The number of hydrogen-bond donors (Lipinski definition) is 2. The first-order valence-electron chi connectivity index (χ1n) is 5.93. The third-order valence-electron chi connectivity index (χ3n) is 2.74. The van der Waals surface area contributed by atoms with E-state index < -0.39 is 4.92 Å². The Morgan fingerprint density at radius 3 is 2.83 bits per heavy atom. The lowest BCUT2D eigenvalue weighted by atomic mass is 10.2. The van der Waals surface area contributed by atoms with E-state index in [0.29, 0.717) is 18.2 Å². The molecule has 0 aliphatic heterocycles. The van der Waals surface area contributed by atoms with Crippen molar-refractivity contribution in [3.05, 3.63) is 39.9 Å². The van der Waals surface area contributed by atoms with Gasteiger partial charge in [0.1, 0.15) is 0 Å². The van der Waals surface area contributed by atoms with Gasteiger partial charge in [0.2, 0.25) is 0 Å². The van der Waals surface area contributed by atoms with E-state index in [9.17, 15) is 14.9 Å². The molecule has 0 radical (unpaired) electrons. The number of rotatable bonds is 6. The first kappa shape index (κ1) is 12.5. The third kappa shape index (κ3) is 3.53. The van der Waals surface area contributed by atoms with Crippen LogP contribution in [-0.4, -0.2) is 30.0 Å². The van der Waals surface area contributed by atoms with E-state index in [4.69, 9.17) is 0 Å². The quantitative estimate of drug-likeness (QED) is 0.449. The molecule has 0 spiro atoms. The van der Waals surface area contributed by atoms with Gasteiger partial charge >= 0.3 is 0 Å². The van der Waals surface area contributed by atoms with E-state index in [-0.39, 0.29) is 11.6 Å².